The van der Waals surface area contributed by atoms with E-state index < -0.39 is 11.7 Å². The van der Waals surface area contributed by atoms with Gasteiger partial charge in [0.05, 0.1) is 5.56 Å². The average molecular weight is 406 g/mol. The second kappa shape index (κ2) is 7.56. The Morgan fingerprint density at radius 2 is 1.68 bits per heavy atom. The Hall–Kier alpha value is -2.99. The summed E-state index contributed by atoms with van der Waals surface area (Å²) in [5.41, 5.74) is 1.76. The van der Waals surface area contributed by atoms with Gasteiger partial charge in [-0.15, -0.1) is 0 Å². The minimum absolute atomic E-state index is 0.0217. The Kier molecular flexibility index (Phi) is 5.34. The van der Waals surface area contributed by atoms with E-state index >= 15 is 0 Å². The van der Waals surface area contributed by atoms with Gasteiger partial charge in [0.15, 0.2) is 0 Å². The smallest absolute Gasteiger partial charge is 0.416 e. The number of alkyl halides is 3. The second-order valence-electron chi connectivity index (χ2n) is 6.23. The minimum atomic E-state index is -4.46. The van der Waals surface area contributed by atoms with Gasteiger partial charge in [-0.25, -0.2) is 0 Å². The number of amides is 1. The monoisotopic (exact) mass is 405 g/mol. The third-order valence-corrected chi connectivity index (χ3v) is 4.52. The molecular weight excluding hydrogens is 391 g/mol. The van der Waals surface area contributed by atoms with Gasteiger partial charge in [-0.05, 0) is 60.5 Å². The number of hydrogen-bond donors (Lipinski definition) is 2. The largest absolute Gasteiger partial charge is 0.508 e. The predicted molar refractivity (Wildman–Crippen MR) is 103 cm³/mol. The van der Waals surface area contributed by atoms with Gasteiger partial charge in [0, 0.05) is 21.8 Å². The standard InChI is InChI=1S/C21H15ClF3NO2/c1-12-10-16(7-9-19(12)27)26-20(28)14-4-2-13(3-5-14)17-8-6-15(11-18(17)22)21(23,24)25/h2-11,27H,1H3,(H,26,28). The van der Waals surface area contributed by atoms with Gasteiger partial charge in [0.2, 0.25) is 0 Å². The Balaban J connectivity index is 1.79. The Morgan fingerprint density at radius 1 is 1.00 bits per heavy atom. The number of nitrogens with one attached hydrogen (secondary N) is 1. The summed E-state index contributed by atoms with van der Waals surface area (Å²) in [5, 5.41) is 12.2. The molecule has 0 bridgehead atoms. The van der Waals surface area contributed by atoms with Gasteiger partial charge in [-0.2, -0.15) is 13.2 Å². The molecule has 0 aromatic heterocycles. The van der Waals surface area contributed by atoms with Crippen molar-refractivity contribution >= 4 is 23.2 Å². The lowest BCUT2D eigenvalue weighted by molar-refractivity contribution is -0.137. The van der Waals surface area contributed by atoms with E-state index in [1.54, 1.807) is 43.3 Å². The number of benzene rings is 3. The zero-order chi connectivity index (χ0) is 20.5. The van der Waals surface area contributed by atoms with Gasteiger partial charge < -0.3 is 10.4 Å². The third-order valence-electron chi connectivity index (χ3n) is 4.21. The lowest BCUT2D eigenvalue weighted by Gasteiger charge is -2.11. The normalized spacial score (nSPS) is 11.3. The van der Waals surface area contributed by atoms with E-state index in [1.165, 1.54) is 12.1 Å². The van der Waals surface area contributed by atoms with E-state index in [1.807, 2.05) is 0 Å². The molecule has 28 heavy (non-hydrogen) atoms. The molecule has 0 aliphatic carbocycles. The molecule has 0 fully saturated rings. The van der Waals surface area contributed by atoms with Crippen LogP contribution in [-0.2, 0) is 6.18 Å². The highest BCUT2D eigenvalue weighted by atomic mass is 35.5. The summed E-state index contributed by atoms with van der Waals surface area (Å²) >= 11 is 6.01. The highest BCUT2D eigenvalue weighted by Crippen LogP contribution is 2.35. The van der Waals surface area contributed by atoms with E-state index in [0.29, 0.717) is 27.9 Å². The number of phenolic OH excluding ortho intramolecular Hbond substituents is 1. The van der Waals surface area contributed by atoms with Crippen molar-refractivity contribution in [3.63, 3.8) is 0 Å². The number of carbonyl (C=O) groups is 1. The molecule has 3 rings (SSSR count). The molecule has 0 heterocycles. The SMILES string of the molecule is Cc1cc(NC(=O)c2ccc(-c3ccc(C(F)(F)F)cc3Cl)cc2)ccc1O. The summed E-state index contributed by atoms with van der Waals surface area (Å²) in [5.74, 6) is -0.217. The molecule has 3 aromatic carbocycles. The molecule has 0 aliphatic heterocycles. The van der Waals surface area contributed by atoms with Crippen LogP contribution in [0.3, 0.4) is 0 Å². The number of aryl methyl sites for hydroxylation is 1. The van der Waals surface area contributed by atoms with Crippen molar-refractivity contribution in [3.05, 3.63) is 82.4 Å². The van der Waals surface area contributed by atoms with Gasteiger partial charge in [0.1, 0.15) is 5.75 Å². The van der Waals surface area contributed by atoms with E-state index in [4.69, 9.17) is 11.6 Å². The molecule has 0 saturated heterocycles. The molecule has 0 spiro atoms. The van der Waals surface area contributed by atoms with Crippen LogP contribution < -0.4 is 5.32 Å². The van der Waals surface area contributed by atoms with Crippen LogP contribution in [0.4, 0.5) is 18.9 Å². The highest BCUT2D eigenvalue weighted by molar-refractivity contribution is 6.33. The first kappa shape index (κ1) is 19.8. The quantitative estimate of drug-likeness (QED) is 0.503. The summed E-state index contributed by atoms with van der Waals surface area (Å²) in [6.45, 7) is 1.72. The number of rotatable bonds is 3. The van der Waals surface area contributed by atoms with Gasteiger partial charge in [-0.1, -0.05) is 29.8 Å². The summed E-state index contributed by atoms with van der Waals surface area (Å²) in [6, 6.07) is 14.2. The number of hydrogen-bond acceptors (Lipinski definition) is 2. The Bertz CT molecular complexity index is 1030. The van der Waals surface area contributed by atoms with E-state index in [2.05, 4.69) is 5.32 Å². The zero-order valence-corrected chi connectivity index (χ0v) is 15.4. The first-order valence-corrected chi connectivity index (χ1v) is 8.61. The van der Waals surface area contributed by atoms with Gasteiger partial charge in [0.25, 0.3) is 5.91 Å². The fraction of sp³-hybridized carbons (Fsp3) is 0.0952. The maximum atomic E-state index is 12.8. The maximum Gasteiger partial charge on any atom is 0.416 e. The van der Waals surface area contributed by atoms with Crippen LogP contribution in [0, 0.1) is 6.92 Å². The molecule has 0 saturated carbocycles. The first-order valence-electron chi connectivity index (χ1n) is 8.23. The molecule has 7 heteroatoms. The summed E-state index contributed by atoms with van der Waals surface area (Å²) in [7, 11) is 0. The molecule has 0 unspecified atom stereocenters. The lowest BCUT2D eigenvalue weighted by atomic mass is 10.0. The molecule has 2 N–H and O–H groups in total. The van der Waals surface area contributed by atoms with Crippen LogP contribution in [0.2, 0.25) is 5.02 Å². The molecule has 3 aromatic rings. The van der Waals surface area contributed by atoms with Crippen LogP contribution in [0.1, 0.15) is 21.5 Å². The number of anilines is 1. The fourth-order valence-corrected chi connectivity index (χ4v) is 2.95. The topological polar surface area (TPSA) is 49.3 Å². The van der Waals surface area contributed by atoms with Crippen LogP contribution in [0.5, 0.6) is 5.75 Å². The first-order chi connectivity index (χ1) is 13.1. The van der Waals surface area contributed by atoms with Crippen molar-refractivity contribution in [2.45, 2.75) is 13.1 Å². The molecule has 1 amide bonds. The second-order valence-corrected chi connectivity index (χ2v) is 6.63. The molecule has 0 aliphatic rings. The maximum absolute atomic E-state index is 12.8. The van der Waals surface area contributed by atoms with Crippen LogP contribution in [0.25, 0.3) is 11.1 Å². The number of halogens is 4. The minimum Gasteiger partial charge on any atom is -0.508 e. The molecule has 0 radical (unpaired) electrons. The van der Waals surface area contributed by atoms with Crippen molar-refractivity contribution in [2.24, 2.45) is 0 Å². The van der Waals surface area contributed by atoms with E-state index in [0.717, 1.165) is 12.1 Å². The number of carbonyl (C=O) groups excluding carboxylic acids is 1. The van der Waals surface area contributed by atoms with Crippen molar-refractivity contribution in [3.8, 4) is 16.9 Å². The fourth-order valence-electron chi connectivity index (χ4n) is 2.66. The zero-order valence-electron chi connectivity index (χ0n) is 14.6. The summed E-state index contributed by atoms with van der Waals surface area (Å²) in [4.78, 5) is 12.4. The van der Waals surface area contributed by atoms with Crippen LogP contribution in [0.15, 0.2) is 60.7 Å². The third kappa shape index (κ3) is 4.28. The lowest BCUT2D eigenvalue weighted by Crippen LogP contribution is -2.11. The molecular formula is C21H15ClF3NO2. The van der Waals surface area contributed by atoms with Crippen molar-refractivity contribution in [1.29, 1.82) is 0 Å². The van der Waals surface area contributed by atoms with Crippen molar-refractivity contribution in [1.82, 2.24) is 0 Å². The highest BCUT2D eigenvalue weighted by Gasteiger charge is 2.30. The average Bonchev–Trinajstić information content (AvgIpc) is 2.64. The molecule has 3 nitrogen and oxygen atoms in total. The van der Waals surface area contributed by atoms with Gasteiger partial charge in [-0.3, -0.25) is 4.79 Å². The molecule has 144 valence electrons. The number of phenols is 1. The Labute approximate surface area is 164 Å². The summed E-state index contributed by atoms with van der Waals surface area (Å²) in [6.07, 6.45) is -4.46. The Morgan fingerprint density at radius 3 is 2.25 bits per heavy atom. The number of aromatic hydroxyl groups is 1. The van der Waals surface area contributed by atoms with Crippen molar-refractivity contribution in [2.75, 3.05) is 5.32 Å². The predicted octanol–water partition coefficient (Wildman–Crippen LogP) is 6.29. The van der Waals surface area contributed by atoms with Crippen molar-refractivity contribution < 1.29 is 23.1 Å². The van der Waals surface area contributed by atoms with Crippen LogP contribution in [-0.4, -0.2) is 11.0 Å². The van der Waals surface area contributed by atoms with E-state index in [9.17, 15) is 23.1 Å². The van der Waals surface area contributed by atoms with Gasteiger partial charge >= 0.3 is 6.18 Å². The van der Waals surface area contributed by atoms with E-state index in [-0.39, 0.29) is 16.7 Å². The molecule has 0 atom stereocenters. The van der Waals surface area contributed by atoms with Crippen LogP contribution >= 0.6 is 11.6 Å². The summed E-state index contributed by atoms with van der Waals surface area (Å²) < 4.78 is 38.3.